The minimum atomic E-state index is -0.750. The Morgan fingerprint density at radius 1 is 1.27 bits per heavy atom. The lowest BCUT2D eigenvalue weighted by molar-refractivity contribution is -0.146. The van der Waals surface area contributed by atoms with Gasteiger partial charge in [0.25, 0.3) is 0 Å². The normalized spacial score (nSPS) is 19.0. The number of carbonyl (C=O) groups is 3. The minimum Gasteiger partial charge on any atom is -0.497 e. The molecule has 1 aliphatic heterocycles. The summed E-state index contributed by atoms with van der Waals surface area (Å²) >= 11 is 0. The van der Waals surface area contributed by atoms with E-state index >= 15 is 0 Å². The molecule has 0 spiro atoms. The van der Waals surface area contributed by atoms with Gasteiger partial charge in [0.15, 0.2) is 0 Å². The van der Waals surface area contributed by atoms with Crippen molar-refractivity contribution in [3.63, 3.8) is 0 Å². The lowest BCUT2D eigenvalue weighted by Crippen LogP contribution is -2.48. The molecule has 0 aromatic heterocycles. The molecule has 0 radical (unpaired) electrons. The van der Waals surface area contributed by atoms with Gasteiger partial charge in [0, 0.05) is 25.5 Å². The fraction of sp³-hybridized carbons (Fsp3) is 0.421. The van der Waals surface area contributed by atoms with E-state index in [9.17, 15) is 14.4 Å². The fourth-order valence-electron chi connectivity index (χ4n) is 3.06. The molecule has 1 aliphatic rings. The zero-order valence-corrected chi connectivity index (χ0v) is 15.4. The Morgan fingerprint density at radius 2 is 2.00 bits per heavy atom. The number of ether oxygens (including phenoxy) is 3. The third kappa shape index (κ3) is 4.22. The molecule has 0 saturated heterocycles. The molecule has 26 heavy (non-hydrogen) atoms. The molecule has 0 unspecified atom stereocenters. The molecule has 0 N–H and O–H groups in total. The second kappa shape index (κ2) is 8.51. The van der Waals surface area contributed by atoms with Crippen molar-refractivity contribution in [3.8, 4) is 5.75 Å². The highest BCUT2D eigenvalue weighted by molar-refractivity contribution is 6.00. The Kier molecular flexibility index (Phi) is 6.38. The number of hydrogen-bond acceptors (Lipinski definition) is 6. The third-order valence-corrected chi connectivity index (χ3v) is 4.13. The van der Waals surface area contributed by atoms with Crippen LogP contribution in [0, 0.1) is 0 Å². The molecule has 7 nitrogen and oxygen atoms in total. The van der Waals surface area contributed by atoms with E-state index < -0.39 is 18.0 Å². The molecule has 2 rings (SSSR count). The quantitative estimate of drug-likeness (QED) is 0.592. The molecule has 1 heterocycles. The molecule has 0 saturated carbocycles. The van der Waals surface area contributed by atoms with E-state index in [0.29, 0.717) is 17.9 Å². The standard InChI is InChI=1S/C19H23NO6/c1-5-25-19(23)18-10-14(8-9-26-13(3)22)16-11-15(24-4)6-7-17(16)20(18)12(2)21/h6-9,11,14,18H,5,10H2,1-4H3/b9-8+/t14-,18-/m0/s1. The number of methoxy groups -OCH3 is 1. The van der Waals surface area contributed by atoms with Crippen LogP contribution in [0.3, 0.4) is 0 Å². The number of carbonyl (C=O) groups excluding carboxylic acids is 3. The van der Waals surface area contributed by atoms with Crippen LogP contribution in [-0.4, -0.2) is 37.6 Å². The van der Waals surface area contributed by atoms with Gasteiger partial charge in [0.05, 0.1) is 20.0 Å². The maximum atomic E-state index is 12.4. The summed E-state index contributed by atoms with van der Waals surface area (Å²) < 4.78 is 15.3. The molecule has 0 aliphatic carbocycles. The van der Waals surface area contributed by atoms with Crippen molar-refractivity contribution >= 4 is 23.5 Å². The van der Waals surface area contributed by atoms with Gasteiger partial charge in [0.2, 0.25) is 5.91 Å². The highest BCUT2D eigenvalue weighted by Crippen LogP contribution is 2.41. The molecule has 1 aromatic carbocycles. The van der Waals surface area contributed by atoms with Gasteiger partial charge in [-0.25, -0.2) is 4.79 Å². The minimum absolute atomic E-state index is 0.227. The van der Waals surface area contributed by atoms with Crippen molar-refractivity contribution in [3.05, 3.63) is 36.1 Å². The van der Waals surface area contributed by atoms with E-state index in [0.717, 1.165) is 5.56 Å². The number of hydrogen-bond donors (Lipinski definition) is 0. The van der Waals surface area contributed by atoms with Crippen LogP contribution in [0.4, 0.5) is 5.69 Å². The largest absolute Gasteiger partial charge is 0.497 e. The Bertz CT molecular complexity index is 727. The second-order valence-corrected chi connectivity index (χ2v) is 5.86. The van der Waals surface area contributed by atoms with Crippen LogP contribution in [0.5, 0.6) is 5.75 Å². The van der Waals surface area contributed by atoms with Gasteiger partial charge in [-0.2, -0.15) is 0 Å². The van der Waals surface area contributed by atoms with Crippen LogP contribution >= 0.6 is 0 Å². The van der Waals surface area contributed by atoms with Crippen LogP contribution in [0.15, 0.2) is 30.5 Å². The van der Waals surface area contributed by atoms with Crippen molar-refractivity contribution in [1.29, 1.82) is 0 Å². The van der Waals surface area contributed by atoms with Crippen LogP contribution in [0.1, 0.15) is 38.7 Å². The number of benzene rings is 1. The van der Waals surface area contributed by atoms with E-state index in [2.05, 4.69) is 0 Å². The smallest absolute Gasteiger partial charge is 0.329 e. The topological polar surface area (TPSA) is 82.1 Å². The summed E-state index contributed by atoms with van der Waals surface area (Å²) in [4.78, 5) is 37.1. The van der Waals surface area contributed by atoms with Gasteiger partial charge in [-0.3, -0.25) is 14.5 Å². The molecule has 1 amide bonds. The summed E-state index contributed by atoms with van der Waals surface area (Å²) in [5, 5.41) is 0. The van der Waals surface area contributed by atoms with Crippen molar-refractivity contribution in [2.24, 2.45) is 0 Å². The maximum absolute atomic E-state index is 12.4. The molecule has 1 aromatic rings. The van der Waals surface area contributed by atoms with E-state index in [1.807, 2.05) is 6.07 Å². The summed E-state index contributed by atoms with van der Waals surface area (Å²) in [6, 6.07) is 4.54. The van der Waals surface area contributed by atoms with Crippen molar-refractivity contribution < 1.29 is 28.6 Å². The van der Waals surface area contributed by atoms with E-state index in [1.54, 1.807) is 32.2 Å². The van der Waals surface area contributed by atoms with Gasteiger partial charge in [0.1, 0.15) is 11.8 Å². The predicted molar refractivity (Wildman–Crippen MR) is 94.8 cm³/mol. The molecule has 2 atom stereocenters. The zero-order chi connectivity index (χ0) is 19.3. The van der Waals surface area contributed by atoms with Gasteiger partial charge in [-0.05, 0) is 43.2 Å². The average molecular weight is 361 g/mol. The number of esters is 2. The van der Waals surface area contributed by atoms with Crippen LogP contribution in [0.2, 0.25) is 0 Å². The van der Waals surface area contributed by atoms with E-state index in [1.165, 1.54) is 25.0 Å². The Labute approximate surface area is 152 Å². The lowest BCUT2D eigenvalue weighted by Gasteiger charge is -2.38. The lowest BCUT2D eigenvalue weighted by atomic mass is 9.85. The van der Waals surface area contributed by atoms with Gasteiger partial charge < -0.3 is 14.2 Å². The Balaban J connectivity index is 2.50. The number of allylic oxidation sites excluding steroid dienone is 1. The maximum Gasteiger partial charge on any atom is 0.329 e. The summed E-state index contributed by atoms with van der Waals surface area (Å²) in [7, 11) is 1.55. The number of fused-ring (bicyclic) bond motifs is 1. The van der Waals surface area contributed by atoms with Crippen molar-refractivity contribution in [1.82, 2.24) is 0 Å². The number of amides is 1. The Hall–Kier alpha value is -2.83. The average Bonchev–Trinajstić information content (AvgIpc) is 2.60. The molecule has 0 bridgehead atoms. The Morgan fingerprint density at radius 3 is 2.58 bits per heavy atom. The summed E-state index contributed by atoms with van der Waals surface area (Å²) in [5.41, 5.74) is 1.42. The van der Waals surface area contributed by atoms with Crippen molar-refractivity contribution in [2.75, 3.05) is 18.6 Å². The molecule has 7 heteroatoms. The first-order valence-corrected chi connectivity index (χ1v) is 8.37. The number of nitrogens with zero attached hydrogens (tertiary/aromatic N) is 1. The van der Waals surface area contributed by atoms with Crippen LogP contribution in [0.25, 0.3) is 0 Å². The van der Waals surface area contributed by atoms with Crippen molar-refractivity contribution in [2.45, 2.75) is 39.2 Å². The van der Waals surface area contributed by atoms with Crippen LogP contribution in [-0.2, 0) is 23.9 Å². The molecular weight excluding hydrogens is 338 g/mol. The highest BCUT2D eigenvalue weighted by Gasteiger charge is 2.39. The first-order valence-electron chi connectivity index (χ1n) is 8.37. The van der Waals surface area contributed by atoms with Gasteiger partial charge in [-0.1, -0.05) is 0 Å². The van der Waals surface area contributed by atoms with Crippen LogP contribution < -0.4 is 9.64 Å². The first-order chi connectivity index (χ1) is 12.4. The number of rotatable bonds is 5. The third-order valence-electron chi connectivity index (χ3n) is 4.13. The molecule has 140 valence electrons. The highest BCUT2D eigenvalue weighted by atomic mass is 16.5. The second-order valence-electron chi connectivity index (χ2n) is 5.86. The number of anilines is 1. The van der Waals surface area contributed by atoms with E-state index in [4.69, 9.17) is 14.2 Å². The van der Waals surface area contributed by atoms with E-state index in [-0.39, 0.29) is 18.4 Å². The fourth-order valence-corrected chi connectivity index (χ4v) is 3.06. The SMILES string of the molecule is CCOC(=O)[C@@H]1C[C@H](/C=C/OC(C)=O)c2cc(OC)ccc2N1C(C)=O. The molecule has 0 fully saturated rings. The summed E-state index contributed by atoms with van der Waals surface area (Å²) in [6.07, 6.45) is 3.32. The summed E-state index contributed by atoms with van der Waals surface area (Å²) in [6.45, 7) is 4.66. The monoisotopic (exact) mass is 361 g/mol. The first kappa shape index (κ1) is 19.5. The van der Waals surface area contributed by atoms with Gasteiger partial charge in [-0.15, -0.1) is 0 Å². The summed E-state index contributed by atoms with van der Waals surface area (Å²) in [5.74, 6) is -0.764. The predicted octanol–water partition coefficient (Wildman–Crippen LogP) is 2.54. The molecular formula is C19H23NO6. The van der Waals surface area contributed by atoms with Gasteiger partial charge >= 0.3 is 11.9 Å². The zero-order valence-electron chi connectivity index (χ0n) is 15.4.